The molecule has 1 unspecified atom stereocenters. The second kappa shape index (κ2) is 5.86. The van der Waals surface area contributed by atoms with Crippen molar-refractivity contribution in [3.63, 3.8) is 0 Å². The summed E-state index contributed by atoms with van der Waals surface area (Å²) in [5.41, 5.74) is 1.92. The molecular weight excluding hydrogens is 270 g/mol. The lowest BCUT2D eigenvalue weighted by atomic mass is 10.0. The predicted octanol–water partition coefficient (Wildman–Crippen LogP) is 3.54. The molecule has 112 valence electrons. The lowest BCUT2D eigenvalue weighted by Gasteiger charge is -2.30. The average molecular weight is 295 g/mol. The monoisotopic (exact) mass is 295 g/mol. The van der Waals surface area contributed by atoms with Crippen LogP contribution in [0, 0.1) is 12.8 Å². The minimum absolute atomic E-state index is 0.338. The van der Waals surface area contributed by atoms with E-state index in [0.717, 1.165) is 24.0 Å². The van der Waals surface area contributed by atoms with Crippen molar-refractivity contribution >= 4 is 10.0 Å². The molecule has 0 aromatic heterocycles. The number of aryl methyl sites for hydroxylation is 1. The molecule has 1 aromatic carbocycles. The highest BCUT2D eigenvalue weighted by Gasteiger charge is 2.29. The standard InChI is InChI=1S/C16H25NO2S/c1-12(2)15-8-7-14(4)16(10-15)20(18,19)17-9-5-6-13(3)11-17/h7-8,10,12-13H,5-6,9,11H2,1-4H3. The highest BCUT2D eigenvalue weighted by atomic mass is 32.2. The molecule has 1 heterocycles. The number of piperidine rings is 1. The zero-order valence-corrected chi connectivity index (χ0v) is 13.7. The molecule has 0 N–H and O–H groups in total. The Morgan fingerprint density at radius 1 is 1.30 bits per heavy atom. The van der Waals surface area contributed by atoms with Crippen LogP contribution in [-0.2, 0) is 10.0 Å². The summed E-state index contributed by atoms with van der Waals surface area (Å²) in [5, 5.41) is 0. The molecule has 1 atom stereocenters. The van der Waals surface area contributed by atoms with E-state index in [0.29, 0.717) is 29.8 Å². The van der Waals surface area contributed by atoms with Crippen LogP contribution in [0.25, 0.3) is 0 Å². The molecule has 1 fully saturated rings. The Bertz CT molecular complexity index is 578. The van der Waals surface area contributed by atoms with Crippen LogP contribution in [0.4, 0.5) is 0 Å². The molecule has 1 aromatic rings. The Morgan fingerprint density at radius 3 is 2.60 bits per heavy atom. The van der Waals surface area contributed by atoms with E-state index in [1.54, 1.807) is 4.31 Å². The highest BCUT2D eigenvalue weighted by molar-refractivity contribution is 7.89. The molecule has 0 bridgehead atoms. The lowest BCUT2D eigenvalue weighted by molar-refractivity contribution is 0.281. The normalized spacial score (nSPS) is 21.4. The number of rotatable bonds is 3. The summed E-state index contributed by atoms with van der Waals surface area (Å²) < 4.78 is 27.4. The summed E-state index contributed by atoms with van der Waals surface area (Å²) in [7, 11) is -3.35. The van der Waals surface area contributed by atoms with Gasteiger partial charge in [0.05, 0.1) is 4.90 Å². The van der Waals surface area contributed by atoms with Gasteiger partial charge in [0.2, 0.25) is 10.0 Å². The van der Waals surface area contributed by atoms with Crippen molar-refractivity contribution in [2.75, 3.05) is 13.1 Å². The largest absolute Gasteiger partial charge is 0.243 e. The minimum Gasteiger partial charge on any atom is -0.207 e. The first-order valence-corrected chi connectivity index (χ1v) is 8.87. The van der Waals surface area contributed by atoms with Gasteiger partial charge in [-0.3, -0.25) is 0 Å². The van der Waals surface area contributed by atoms with E-state index in [4.69, 9.17) is 0 Å². The van der Waals surface area contributed by atoms with Crippen molar-refractivity contribution < 1.29 is 8.42 Å². The molecule has 0 aliphatic carbocycles. The van der Waals surface area contributed by atoms with Crippen molar-refractivity contribution in [2.24, 2.45) is 5.92 Å². The molecule has 1 aliphatic rings. The fourth-order valence-corrected chi connectivity index (χ4v) is 4.62. The van der Waals surface area contributed by atoms with E-state index >= 15 is 0 Å². The molecule has 20 heavy (non-hydrogen) atoms. The van der Waals surface area contributed by atoms with Crippen LogP contribution in [0.5, 0.6) is 0 Å². The van der Waals surface area contributed by atoms with E-state index in [1.165, 1.54) is 0 Å². The number of nitrogens with zero attached hydrogens (tertiary/aromatic N) is 1. The van der Waals surface area contributed by atoms with Crippen LogP contribution < -0.4 is 0 Å². The Morgan fingerprint density at radius 2 is 2.00 bits per heavy atom. The molecule has 0 saturated carbocycles. The number of sulfonamides is 1. The fourth-order valence-electron chi connectivity index (χ4n) is 2.76. The number of hydrogen-bond acceptors (Lipinski definition) is 2. The van der Waals surface area contributed by atoms with Gasteiger partial charge in [-0.2, -0.15) is 4.31 Å². The molecule has 1 aliphatic heterocycles. The maximum Gasteiger partial charge on any atom is 0.243 e. The fraction of sp³-hybridized carbons (Fsp3) is 0.625. The Labute approximate surface area is 123 Å². The number of benzene rings is 1. The van der Waals surface area contributed by atoms with Gasteiger partial charge in [0, 0.05) is 13.1 Å². The van der Waals surface area contributed by atoms with E-state index < -0.39 is 10.0 Å². The van der Waals surface area contributed by atoms with E-state index in [-0.39, 0.29) is 0 Å². The van der Waals surface area contributed by atoms with Crippen LogP contribution in [0.3, 0.4) is 0 Å². The molecular formula is C16H25NO2S. The van der Waals surface area contributed by atoms with Crippen molar-refractivity contribution in [3.05, 3.63) is 29.3 Å². The summed E-state index contributed by atoms with van der Waals surface area (Å²) in [6.07, 6.45) is 2.08. The Hall–Kier alpha value is -0.870. The zero-order valence-electron chi connectivity index (χ0n) is 12.9. The molecule has 3 nitrogen and oxygen atoms in total. The smallest absolute Gasteiger partial charge is 0.207 e. The van der Waals surface area contributed by atoms with Crippen LogP contribution in [0.1, 0.15) is 50.7 Å². The molecule has 1 saturated heterocycles. The molecule has 0 amide bonds. The molecule has 0 radical (unpaired) electrons. The van der Waals surface area contributed by atoms with Gasteiger partial charge in [0.1, 0.15) is 0 Å². The Balaban J connectivity index is 2.40. The van der Waals surface area contributed by atoms with Crippen molar-refractivity contribution in [1.29, 1.82) is 0 Å². The summed E-state index contributed by atoms with van der Waals surface area (Å²) in [6, 6.07) is 5.81. The van der Waals surface area contributed by atoms with Gasteiger partial charge in [-0.05, 0) is 48.8 Å². The number of hydrogen-bond donors (Lipinski definition) is 0. The highest BCUT2D eigenvalue weighted by Crippen LogP contribution is 2.28. The summed E-state index contributed by atoms with van der Waals surface area (Å²) in [4.78, 5) is 0.484. The van der Waals surface area contributed by atoms with E-state index in [2.05, 4.69) is 20.8 Å². The van der Waals surface area contributed by atoms with Crippen LogP contribution in [0.2, 0.25) is 0 Å². The van der Waals surface area contributed by atoms with Gasteiger partial charge < -0.3 is 0 Å². The topological polar surface area (TPSA) is 37.4 Å². The van der Waals surface area contributed by atoms with Crippen molar-refractivity contribution in [2.45, 2.75) is 51.3 Å². The Kier molecular flexibility index (Phi) is 4.55. The molecule has 4 heteroatoms. The molecule has 0 spiro atoms. The van der Waals surface area contributed by atoms with Crippen LogP contribution in [0.15, 0.2) is 23.1 Å². The third-order valence-corrected chi connectivity index (χ3v) is 6.12. The second-order valence-electron chi connectivity index (χ2n) is 6.29. The first kappa shape index (κ1) is 15.5. The summed E-state index contributed by atoms with van der Waals surface area (Å²) in [6.45, 7) is 9.48. The average Bonchev–Trinajstić information content (AvgIpc) is 2.38. The van der Waals surface area contributed by atoms with Gasteiger partial charge in [-0.1, -0.05) is 32.9 Å². The summed E-state index contributed by atoms with van der Waals surface area (Å²) >= 11 is 0. The third kappa shape index (κ3) is 3.07. The first-order valence-electron chi connectivity index (χ1n) is 7.43. The maximum atomic E-state index is 12.9. The lowest BCUT2D eigenvalue weighted by Crippen LogP contribution is -2.39. The maximum absolute atomic E-state index is 12.9. The van der Waals surface area contributed by atoms with Crippen LogP contribution in [-0.4, -0.2) is 25.8 Å². The van der Waals surface area contributed by atoms with E-state index in [9.17, 15) is 8.42 Å². The van der Waals surface area contributed by atoms with E-state index in [1.807, 2.05) is 25.1 Å². The van der Waals surface area contributed by atoms with Gasteiger partial charge >= 0.3 is 0 Å². The zero-order chi connectivity index (χ0) is 14.9. The van der Waals surface area contributed by atoms with Crippen molar-refractivity contribution in [1.82, 2.24) is 4.31 Å². The first-order chi connectivity index (χ1) is 9.32. The summed E-state index contributed by atoms with van der Waals surface area (Å²) in [5.74, 6) is 0.789. The predicted molar refractivity (Wildman–Crippen MR) is 82.4 cm³/mol. The van der Waals surface area contributed by atoms with Gasteiger partial charge in [0.25, 0.3) is 0 Å². The van der Waals surface area contributed by atoms with Gasteiger partial charge in [-0.25, -0.2) is 8.42 Å². The second-order valence-corrected chi connectivity index (χ2v) is 8.20. The van der Waals surface area contributed by atoms with Gasteiger partial charge in [0.15, 0.2) is 0 Å². The van der Waals surface area contributed by atoms with Gasteiger partial charge in [-0.15, -0.1) is 0 Å². The minimum atomic E-state index is -3.35. The molecule has 2 rings (SSSR count). The van der Waals surface area contributed by atoms with Crippen LogP contribution >= 0.6 is 0 Å². The SMILES string of the molecule is Cc1ccc(C(C)C)cc1S(=O)(=O)N1CCCC(C)C1. The third-order valence-electron chi connectivity index (χ3n) is 4.12. The van der Waals surface area contributed by atoms with Crippen molar-refractivity contribution in [3.8, 4) is 0 Å². The quantitative estimate of drug-likeness (QED) is 0.855.